The maximum Gasteiger partial charge on any atom is 0.227 e. The van der Waals surface area contributed by atoms with E-state index in [1.807, 2.05) is 32.2 Å². The molecule has 22 heavy (non-hydrogen) atoms. The van der Waals surface area contributed by atoms with E-state index in [2.05, 4.69) is 16.1 Å². The monoisotopic (exact) mass is 321 g/mol. The van der Waals surface area contributed by atoms with Crippen LogP contribution in [0.5, 0.6) is 0 Å². The molecule has 0 spiro atoms. The summed E-state index contributed by atoms with van der Waals surface area (Å²) in [5.41, 5.74) is 7.98. The van der Waals surface area contributed by atoms with E-state index in [1.165, 1.54) is 0 Å². The predicted molar refractivity (Wildman–Crippen MR) is 91.9 cm³/mol. The summed E-state index contributed by atoms with van der Waals surface area (Å²) in [4.78, 5) is 18.3. The Balaban J connectivity index is 2.23. The van der Waals surface area contributed by atoms with E-state index in [0.717, 1.165) is 34.9 Å². The molecule has 1 aromatic rings. The number of nitrogens with two attached hydrogens (primary N) is 1. The molecular weight excluding hydrogens is 298 g/mol. The molecule has 0 fully saturated rings. The first-order valence-corrected chi connectivity index (χ1v) is 8.69. The molecule has 120 valence electrons. The van der Waals surface area contributed by atoms with Crippen LogP contribution < -0.4 is 5.73 Å². The number of primary amides is 1. The number of aliphatic hydroxyl groups is 1. The molecule has 3 N–H and O–H groups in total. The summed E-state index contributed by atoms with van der Waals surface area (Å²) in [7, 11) is 2.01. The van der Waals surface area contributed by atoms with Crippen LogP contribution in [0, 0.1) is 0 Å². The first kappa shape index (κ1) is 16.8. The van der Waals surface area contributed by atoms with Gasteiger partial charge in [0, 0.05) is 19.3 Å². The summed E-state index contributed by atoms with van der Waals surface area (Å²) in [5, 5.41) is 9.99. The number of amides is 1. The second-order valence-corrected chi connectivity index (χ2v) is 6.59. The third-order valence-electron chi connectivity index (χ3n) is 4.06. The molecule has 0 radical (unpaired) electrons. The Kier molecular flexibility index (Phi) is 5.47. The summed E-state index contributed by atoms with van der Waals surface area (Å²) in [6.07, 6.45) is 1.83. The Hall–Kier alpha value is -1.53. The van der Waals surface area contributed by atoms with Gasteiger partial charge in [0.05, 0.1) is 17.7 Å². The maximum atomic E-state index is 11.6. The lowest BCUT2D eigenvalue weighted by Crippen LogP contribution is -2.28. The highest BCUT2D eigenvalue weighted by atomic mass is 32.2. The molecule has 0 heterocycles. The standard InChI is InChI=1S/C16H23N3O2S/c1-10(19(2)6-7-22-3)18-12-5-4-11-8-14(20)15(16(17)21)13(11)9-12/h4-5,9,14-15,20H,6-8H2,1-3H3,(H2,17,21)/t14-,15-/m1/s1. The lowest BCUT2D eigenvalue weighted by molar-refractivity contribution is -0.121. The van der Waals surface area contributed by atoms with Crippen LogP contribution in [-0.2, 0) is 11.2 Å². The number of rotatable bonds is 5. The Morgan fingerprint density at radius 3 is 2.91 bits per heavy atom. The van der Waals surface area contributed by atoms with Gasteiger partial charge in [-0.15, -0.1) is 0 Å². The number of thioether (sulfide) groups is 1. The van der Waals surface area contributed by atoms with Gasteiger partial charge in [0.1, 0.15) is 5.84 Å². The van der Waals surface area contributed by atoms with Crippen molar-refractivity contribution in [3.8, 4) is 0 Å². The molecule has 0 aromatic heterocycles. The first-order valence-electron chi connectivity index (χ1n) is 7.29. The van der Waals surface area contributed by atoms with Gasteiger partial charge in [-0.1, -0.05) is 6.07 Å². The minimum Gasteiger partial charge on any atom is -0.392 e. The largest absolute Gasteiger partial charge is 0.392 e. The van der Waals surface area contributed by atoms with Crippen LogP contribution in [0.3, 0.4) is 0 Å². The lowest BCUT2D eigenvalue weighted by Gasteiger charge is -2.18. The molecule has 0 aliphatic heterocycles. The van der Waals surface area contributed by atoms with Crippen molar-refractivity contribution in [1.29, 1.82) is 0 Å². The van der Waals surface area contributed by atoms with Gasteiger partial charge in [-0.2, -0.15) is 11.8 Å². The molecule has 6 heteroatoms. The number of fused-ring (bicyclic) bond motifs is 1. The molecule has 0 unspecified atom stereocenters. The van der Waals surface area contributed by atoms with E-state index < -0.39 is 17.9 Å². The molecule has 1 aliphatic rings. The van der Waals surface area contributed by atoms with Gasteiger partial charge in [-0.25, -0.2) is 4.99 Å². The average molecular weight is 321 g/mol. The van der Waals surface area contributed by atoms with Gasteiger partial charge in [0.15, 0.2) is 0 Å². The van der Waals surface area contributed by atoms with Crippen LogP contribution in [0.4, 0.5) is 5.69 Å². The number of nitrogens with zero attached hydrogens (tertiary/aromatic N) is 2. The number of benzene rings is 1. The topological polar surface area (TPSA) is 78.9 Å². The second-order valence-electron chi connectivity index (χ2n) is 5.61. The first-order chi connectivity index (χ1) is 10.4. The van der Waals surface area contributed by atoms with Crippen molar-refractivity contribution in [1.82, 2.24) is 4.90 Å². The number of carbonyl (C=O) groups excluding carboxylic acids is 1. The maximum absolute atomic E-state index is 11.6. The van der Waals surface area contributed by atoms with Crippen molar-refractivity contribution < 1.29 is 9.90 Å². The highest BCUT2D eigenvalue weighted by Gasteiger charge is 2.35. The Morgan fingerprint density at radius 2 is 2.27 bits per heavy atom. The fourth-order valence-corrected chi connectivity index (χ4v) is 3.14. The van der Waals surface area contributed by atoms with Crippen LogP contribution in [0.25, 0.3) is 0 Å². The van der Waals surface area contributed by atoms with Crippen LogP contribution in [-0.4, -0.2) is 53.5 Å². The van der Waals surface area contributed by atoms with Crippen LogP contribution in [0.2, 0.25) is 0 Å². The molecule has 0 saturated heterocycles. The molecule has 5 nitrogen and oxygen atoms in total. The molecule has 1 aliphatic carbocycles. The Morgan fingerprint density at radius 1 is 1.55 bits per heavy atom. The normalized spacial score (nSPS) is 20.8. The molecule has 1 amide bonds. The van der Waals surface area contributed by atoms with Gasteiger partial charge < -0.3 is 15.7 Å². The van der Waals surface area contributed by atoms with Crippen molar-refractivity contribution in [2.24, 2.45) is 10.7 Å². The number of amidine groups is 1. The highest BCUT2D eigenvalue weighted by Crippen LogP contribution is 2.35. The molecule has 2 rings (SSSR count). The fourth-order valence-electron chi connectivity index (χ4n) is 2.68. The van der Waals surface area contributed by atoms with Crippen molar-refractivity contribution in [2.75, 3.05) is 25.6 Å². The second kappa shape index (κ2) is 7.15. The third-order valence-corrected chi connectivity index (χ3v) is 4.65. The minimum atomic E-state index is -0.725. The average Bonchev–Trinajstić information content (AvgIpc) is 2.79. The number of hydrogen-bond acceptors (Lipinski definition) is 4. The summed E-state index contributed by atoms with van der Waals surface area (Å²) >= 11 is 1.80. The molecule has 2 atom stereocenters. The van der Waals surface area contributed by atoms with Crippen LogP contribution in [0.15, 0.2) is 23.2 Å². The van der Waals surface area contributed by atoms with Gasteiger partial charge in [-0.3, -0.25) is 4.79 Å². The van der Waals surface area contributed by atoms with Crippen LogP contribution >= 0.6 is 11.8 Å². The minimum absolute atomic E-state index is 0.472. The van der Waals surface area contributed by atoms with Crippen molar-refractivity contribution >= 4 is 29.2 Å². The van der Waals surface area contributed by atoms with E-state index in [9.17, 15) is 9.90 Å². The van der Waals surface area contributed by atoms with Crippen LogP contribution in [0.1, 0.15) is 24.0 Å². The third kappa shape index (κ3) is 3.62. The molecule has 1 aromatic carbocycles. The van der Waals surface area contributed by atoms with E-state index in [4.69, 9.17) is 5.73 Å². The summed E-state index contributed by atoms with van der Waals surface area (Å²) in [5.74, 6) is 0.854. The summed E-state index contributed by atoms with van der Waals surface area (Å²) in [6.45, 7) is 2.90. The number of aliphatic hydroxyl groups excluding tert-OH is 1. The quantitative estimate of drug-likeness (QED) is 0.636. The smallest absolute Gasteiger partial charge is 0.227 e. The number of hydrogen-bond donors (Lipinski definition) is 2. The summed E-state index contributed by atoms with van der Waals surface area (Å²) < 4.78 is 0. The van der Waals surface area contributed by atoms with E-state index in [-0.39, 0.29) is 0 Å². The summed E-state index contributed by atoms with van der Waals surface area (Å²) in [6, 6.07) is 5.71. The van der Waals surface area contributed by atoms with Crippen molar-refractivity contribution in [3.63, 3.8) is 0 Å². The van der Waals surface area contributed by atoms with Gasteiger partial charge in [-0.05, 0) is 42.9 Å². The fraction of sp³-hybridized carbons (Fsp3) is 0.500. The van der Waals surface area contributed by atoms with Gasteiger partial charge in [0.2, 0.25) is 5.91 Å². The zero-order chi connectivity index (χ0) is 16.3. The predicted octanol–water partition coefficient (Wildman–Crippen LogP) is 1.52. The molecule has 0 saturated carbocycles. The Labute approximate surface area is 135 Å². The van der Waals surface area contributed by atoms with E-state index in [0.29, 0.717) is 6.42 Å². The zero-order valence-electron chi connectivity index (χ0n) is 13.2. The lowest BCUT2D eigenvalue weighted by atomic mass is 9.99. The SMILES string of the molecule is CSCCN(C)C(C)=Nc1ccc2c(c1)[C@@H](C(N)=O)[C@H](O)C2. The van der Waals surface area contributed by atoms with E-state index >= 15 is 0 Å². The number of carbonyl (C=O) groups is 1. The van der Waals surface area contributed by atoms with Gasteiger partial charge in [0.25, 0.3) is 0 Å². The van der Waals surface area contributed by atoms with Gasteiger partial charge >= 0.3 is 0 Å². The Bertz CT molecular complexity index is 589. The van der Waals surface area contributed by atoms with E-state index in [1.54, 1.807) is 11.8 Å². The highest BCUT2D eigenvalue weighted by molar-refractivity contribution is 7.98. The molecule has 0 bridgehead atoms. The zero-order valence-corrected chi connectivity index (χ0v) is 14.1. The van der Waals surface area contributed by atoms with Crippen molar-refractivity contribution in [2.45, 2.75) is 25.4 Å². The molecular formula is C16H23N3O2S. The number of aliphatic imine (C=N–C) groups is 1. The van der Waals surface area contributed by atoms with Crippen molar-refractivity contribution in [3.05, 3.63) is 29.3 Å².